The molecule has 2 rings (SSSR count). The fraction of sp³-hybridized carbons (Fsp3) is 0.357. The van der Waals surface area contributed by atoms with Crippen LogP contribution in [0.5, 0.6) is 0 Å². The van der Waals surface area contributed by atoms with Crippen LogP contribution in [-0.2, 0) is 19.4 Å². The largest absolute Gasteiger partial charge is 0.388 e. The van der Waals surface area contributed by atoms with Crippen molar-refractivity contribution in [2.45, 2.75) is 33.2 Å². The molecule has 2 aromatic heterocycles. The number of nitrogens with two attached hydrogens (primary N) is 1. The molecule has 0 aliphatic heterocycles. The van der Waals surface area contributed by atoms with Gasteiger partial charge in [-0.1, -0.05) is 32.1 Å². The molecule has 0 aliphatic carbocycles. The lowest BCUT2D eigenvalue weighted by atomic mass is 10.2. The highest BCUT2D eigenvalue weighted by molar-refractivity contribution is 7.80. The zero-order valence-electron chi connectivity index (χ0n) is 11.3. The molecule has 0 saturated carbocycles. The average molecular weight is 274 g/mol. The summed E-state index contributed by atoms with van der Waals surface area (Å²) in [5, 5.41) is 4.60. The zero-order valence-corrected chi connectivity index (χ0v) is 12.1. The van der Waals surface area contributed by atoms with E-state index >= 15 is 0 Å². The lowest BCUT2D eigenvalue weighted by Gasteiger charge is -2.09. The third-order valence-corrected chi connectivity index (χ3v) is 3.28. The van der Waals surface area contributed by atoms with E-state index in [2.05, 4.69) is 30.0 Å². The van der Waals surface area contributed by atoms with Gasteiger partial charge >= 0.3 is 0 Å². The smallest absolute Gasteiger partial charge is 0.123 e. The third-order valence-electron chi connectivity index (χ3n) is 3.08. The summed E-state index contributed by atoms with van der Waals surface area (Å²) in [4.78, 5) is 4.58. The van der Waals surface area contributed by atoms with Gasteiger partial charge in [0.2, 0.25) is 0 Å². The van der Waals surface area contributed by atoms with Crippen LogP contribution in [0.25, 0.3) is 0 Å². The first-order chi connectivity index (χ1) is 9.15. The monoisotopic (exact) mass is 274 g/mol. The molecular weight excluding hydrogens is 256 g/mol. The molecule has 0 radical (unpaired) electrons. The van der Waals surface area contributed by atoms with Crippen molar-refractivity contribution in [1.29, 1.82) is 0 Å². The minimum Gasteiger partial charge on any atom is -0.388 e. The molecule has 0 bridgehead atoms. The van der Waals surface area contributed by atoms with Gasteiger partial charge in [0, 0.05) is 17.5 Å². The van der Waals surface area contributed by atoms with E-state index in [9.17, 15) is 0 Å². The Morgan fingerprint density at radius 3 is 2.79 bits per heavy atom. The van der Waals surface area contributed by atoms with Crippen LogP contribution in [0.2, 0.25) is 0 Å². The molecule has 0 unspecified atom stereocenters. The Balaban J connectivity index is 2.35. The topological polar surface area (TPSA) is 56.7 Å². The SMILES string of the molecule is CCc1cc(CC)n(Cc2cccnc2C(N)=S)n1. The van der Waals surface area contributed by atoms with Gasteiger partial charge in [-0.05, 0) is 25.0 Å². The highest BCUT2D eigenvalue weighted by Crippen LogP contribution is 2.12. The highest BCUT2D eigenvalue weighted by atomic mass is 32.1. The quantitative estimate of drug-likeness (QED) is 0.848. The first-order valence-electron chi connectivity index (χ1n) is 6.45. The molecule has 2 aromatic rings. The number of aryl methyl sites for hydroxylation is 2. The van der Waals surface area contributed by atoms with E-state index < -0.39 is 0 Å². The summed E-state index contributed by atoms with van der Waals surface area (Å²) in [5.74, 6) is 0. The van der Waals surface area contributed by atoms with Crippen LogP contribution in [-0.4, -0.2) is 19.8 Å². The maximum absolute atomic E-state index is 5.71. The second kappa shape index (κ2) is 5.93. The third kappa shape index (κ3) is 2.98. The van der Waals surface area contributed by atoms with Crippen LogP contribution in [0, 0.1) is 0 Å². The second-order valence-electron chi connectivity index (χ2n) is 4.37. The van der Waals surface area contributed by atoms with Crippen molar-refractivity contribution < 1.29 is 0 Å². The first-order valence-corrected chi connectivity index (χ1v) is 6.85. The molecule has 100 valence electrons. The molecule has 0 aliphatic rings. The van der Waals surface area contributed by atoms with Crippen molar-refractivity contribution in [3.8, 4) is 0 Å². The van der Waals surface area contributed by atoms with Crippen LogP contribution < -0.4 is 5.73 Å². The minimum atomic E-state index is 0.330. The molecule has 4 nitrogen and oxygen atoms in total. The Bertz CT molecular complexity index is 589. The Morgan fingerprint density at radius 1 is 1.37 bits per heavy atom. The van der Waals surface area contributed by atoms with Gasteiger partial charge in [0.1, 0.15) is 10.7 Å². The van der Waals surface area contributed by atoms with E-state index in [4.69, 9.17) is 18.0 Å². The van der Waals surface area contributed by atoms with Crippen LogP contribution in [0.1, 0.15) is 36.5 Å². The Morgan fingerprint density at radius 2 is 2.16 bits per heavy atom. The lowest BCUT2D eigenvalue weighted by Crippen LogP contribution is -2.17. The zero-order chi connectivity index (χ0) is 13.8. The molecule has 0 fully saturated rings. The predicted molar refractivity (Wildman–Crippen MR) is 80.2 cm³/mol. The van der Waals surface area contributed by atoms with Gasteiger partial charge in [0.15, 0.2) is 0 Å². The highest BCUT2D eigenvalue weighted by Gasteiger charge is 2.10. The number of hydrogen-bond acceptors (Lipinski definition) is 3. The van der Waals surface area contributed by atoms with Gasteiger partial charge in [-0.15, -0.1) is 0 Å². The fourth-order valence-electron chi connectivity index (χ4n) is 2.06. The molecule has 0 saturated heterocycles. The maximum atomic E-state index is 5.71. The molecule has 2 N–H and O–H groups in total. The molecule has 0 atom stereocenters. The fourth-order valence-corrected chi connectivity index (χ4v) is 2.24. The van der Waals surface area contributed by atoms with Gasteiger partial charge in [-0.2, -0.15) is 5.10 Å². The Labute approximate surface area is 118 Å². The van der Waals surface area contributed by atoms with E-state index in [1.165, 1.54) is 5.69 Å². The van der Waals surface area contributed by atoms with Crippen molar-refractivity contribution in [1.82, 2.24) is 14.8 Å². The number of rotatable bonds is 5. The van der Waals surface area contributed by atoms with Crippen LogP contribution in [0.3, 0.4) is 0 Å². The van der Waals surface area contributed by atoms with Crippen LogP contribution >= 0.6 is 12.2 Å². The lowest BCUT2D eigenvalue weighted by molar-refractivity contribution is 0.638. The van der Waals surface area contributed by atoms with Gasteiger partial charge in [0.05, 0.1) is 12.2 Å². The summed E-state index contributed by atoms with van der Waals surface area (Å²) in [7, 11) is 0. The second-order valence-corrected chi connectivity index (χ2v) is 4.81. The van der Waals surface area contributed by atoms with Crippen molar-refractivity contribution in [3.05, 3.63) is 47.0 Å². The average Bonchev–Trinajstić information content (AvgIpc) is 2.81. The number of hydrogen-bond donors (Lipinski definition) is 1. The summed E-state index contributed by atoms with van der Waals surface area (Å²) < 4.78 is 2.01. The van der Waals surface area contributed by atoms with Crippen LogP contribution in [0.15, 0.2) is 24.4 Å². The molecule has 19 heavy (non-hydrogen) atoms. The summed E-state index contributed by atoms with van der Waals surface area (Å²) in [6.45, 7) is 4.89. The van der Waals surface area contributed by atoms with Crippen molar-refractivity contribution in [3.63, 3.8) is 0 Å². The molecule has 2 heterocycles. The van der Waals surface area contributed by atoms with Gasteiger partial charge in [-0.3, -0.25) is 9.67 Å². The molecular formula is C14H18N4S. The minimum absolute atomic E-state index is 0.330. The number of aromatic nitrogens is 3. The van der Waals surface area contributed by atoms with Crippen molar-refractivity contribution in [2.75, 3.05) is 0 Å². The first kappa shape index (κ1) is 13.7. The number of pyridine rings is 1. The van der Waals surface area contributed by atoms with E-state index in [0.29, 0.717) is 17.2 Å². The normalized spacial score (nSPS) is 10.6. The van der Waals surface area contributed by atoms with Crippen molar-refractivity contribution >= 4 is 17.2 Å². The standard InChI is InChI=1S/C14H18N4S/c1-3-11-8-12(4-2)18(17-11)9-10-6-5-7-16-13(10)14(15)19/h5-8H,3-4,9H2,1-2H3,(H2,15,19). The van der Waals surface area contributed by atoms with E-state index in [1.54, 1.807) is 6.20 Å². The van der Waals surface area contributed by atoms with Gasteiger partial charge in [0.25, 0.3) is 0 Å². The Kier molecular flexibility index (Phi) is 4.27. The van der Waals surface area contributed by atoms with Gasteiger partial charge < -0.3 is 5.73 Å². The molecule has 5 heteroatoms. The molecule has 0 amide bonds. The summed E-state index contributed by atoms with van der Waals surface area (Å²) >= 11 is 5.04. The van der Waals surface area contributed by atoms with E-state index in [0.717, 1.165) is 24.1 Å². The van der Waals surface area contributed by atoms with E-state index in [1.807, 2.05) is 16.8 Å². The van der Waals surface area contributed by atoms with E-state index in [-0.39, 0.29) is 0 Å². The summed E-state index contributed by atoms with van der Waals surface area (Å²) in [5.41, 5.74) is 9.73. The predicted octanol–water partition coefficient (Wildman–Crippen LogP) is 2.09. The number of thiocarbonyl (C=S) groups is 1. The molecule has 0 spiro atoms. The maximum Gasteiger partial charge on any atom is 0.123 e. The Hall–Kier alpha value is -1.75. The van der Waals surface area contributed by atoms with Gasteiger partial charge in [-0.25, -0.2) is 0 Å². The molecule has 0 aromatic carbocycles. The summed E-state index contributed by atoms with van der Waals surface area (Å²) in [6.07, 6.45) is 3.60. The summed E-state index contributed by atoms with van der Waals surface area (Å²) in [6, 6.07) is 6.04. The number of nitrogens with zero attached hydrogens (tertiary/aromatic N) is 3. The van der Waals surface area contributed by atoms with Crippen molar-refractivity contribution in [2.24, 2.45) is 5.73 Å². The van der Waals surface area contributed by atoms with Crippen LogP contribution in [0.4, 0.5) is 0 Å².